The third-order valence-electron chi connectivity index (χ3n) is 2.66. The van der Waals surface area contributed by atoms with Crippen LogP contribution >= 0.6 is 0 Å². The molecule has 0 aromatic rings. The molecule has 3 N–H and O–H groups in total. The van der Waals surface area contributed by atoms with Crippen LogP contribution in [0.5, 0.6) is 0 Å². The van der Waals surface area contributed by atoms with E-state index in [1.807, 2.05) is 13.8 Å². The van der Waals surface area contributed by atoms with Gasteiger partial charge in [0.15, 0.2) is 0 Å². The fourth-order valence-corrected chi connectivity index (χ4v) is 1.82. The summed E-state index contributed by atoms with van der Waals surface area (Å²) in [4.78, 5) is 11.2. The average Bonchev–Trinajstić information content (AvgIpc) is 2.58. The van der Waals surface area contributed by atoms with Crippen molar-refractivity contribution in [3.8, 4) is 0 Å². The van der Waals surface area contributed by atoms with Crippen molar-refractivity contribution < 1.29 is 9.53 Å². The van der Waals surface area contributed by atoms with Gasteiger partial charge in [-0.05, 0) is 31.1 Å². The minimum absolute atomic E-state index is 0.302. The normalized spacial score (nSPS) is 25.6. The van der Waals surface area contributed by atoms with Crippen molar-refractivity contribution in [2.75, 3.05) is 13.2 Å². The summed E-state index contributed by atoms with van der Waals surface area (Å²) in [7, 11) is 0. The lowest BCUT2D eigenvalue weighted by Gasteiger charge is -2.12. The number of hydrogen-bond donors (Lipinski definition) is 2. The van der Waals surface area contributed by atoms with E-state index in [-0.39, 0.29) is 6.09 Å². The lowest BCUT2D eigenvalue weighted by atomic mass is 10.1. The van der Waals surface area contributed by atoms with E-state index in [2.05, 4.69) is 5.32 Å². The number of hydrogen-bond acceptors (Lipinski definition) is 3. The molecule has 1 fully saturated rings. The monoisotopic (exact) mass is 214 g/mol. The molecule has 1 rings (SSSR count). The second-order valence-corrected chi connectivity index (χ2v) is 4.81. The summed E-state index contributed by atoms with van der Waals surface area (Å²) >= 11 is 0. The molecule has 0 aromatic heterocycles. The summed E-state index contributed by atoms with van der Waals surface area (Å²) in [6, 6.07) is 0.323. The van der Waals surface area contributed by atoms with Crippen LogP contribution in [0, 0.1) is 11.8 Å². The number of carbonyl (C=O) groups excluding carboxylic acids is 1. The molecule has 0 spiro atoms. The Morgan fingerprint density at radius 3 is 2.80 bits per heavy atom. The Morgan fingerprint density at radius 2 is 2.27 bits per heavy atom. The zero-order valence-electron chi connectivity index (χ0n) is 9.66. The van der Waals surface area contributed by atoms with Crippen LogP contribution in [-0.4, -0.2) is 25.3 Å². The molecule has 0 saturated heterocycles. The minimum atomic E-state index is -0.302. The van der Waals surface area contributed by atoms with E-state index in [1.54, 1.807) is 0 Å². The van der Waals surface area contributed by atoms with E-state index in [1.165, 1.54) is 0 Å². The molecule has 1 aliphatic carbocycles. The minimum Gasteiger partial charge on any atom is -0.449 e. The number of amides is 1. The topological polar surface area (TPSA) is 64.3 Å². The highest BCUT2D eigenvalue weighted by atomic mass is 16.5. The Balaban J connectivity index is 2.06. The molecule has 0 bridgehead atoms. The van der Waals surface area contributed by atoms with Gasteiger partial charge in [-0.1, -0.05) is 13.8 Å². The fourth-order valence-electron chi connectivity index (χ4n) is 1.82. The Bertz CT molecular complexity index is 207. The predicted molar refractivity (Wildman–Crippen MR) is 59.5 cm³/mol. The van der Waals surface area contributed by atoms with Crippen LogP contribution in [0.2, 0.25) is 0 Å². The molecule has 4 nitrogen and oxygen atoms in total. The third kappa shape index (κ3) is 5.02. The van der Waals surface area contributed by atoms with Crippen LogP contribution in [0.3, 0.4) is 0 Å². The van der Waals surface area contributed by atoms with Gasteiger partial charge in [-0.3, -0.25) is 0 Å². The number of rotatable bonds is 4. The van der Waals surface area contributed by atoms with Crippen LogP contribution < -0.4 is 11.1 Å². The molecule has 88 valence electrons. The average molecular weight is 214 g/mol. The molecule has 1 aliphatic rings. The summed E-state index contributed by atoms with van der Waals surface area (Å²) in [6.07, 6.45) is 2.91. The first-order chi connectivity index (χ1) is 7.08. The maximum absolute atomic E-state index is 11.2. The molecular formula is C11H22N2O2. The third-order valence-corrected chi connectivity index (χ3v) is 2.66. The zero-order valence-corrected chi connectivity index (χ0v) is 9.66. The van der Waals surface area contributed by atoms with Crippen molar-refractivity contribution in [1.29, 1.82) is 0 Å². The highest BCUT2D eigenvalue weighted by molar-refractivity contribution is 5.67. The van der Waals surface area contributed by atoms with Gasteiger partial charge in [0.05, 0.1) is 6.61 Å². The lowest BCUT2D eigenvalue weighted by Crippen LogP contribution is -2.30. The maximum atomic E-state index is 11.2. The Kier molecular flexibility index (Phi) is 4.88. The zero-order chi connectivity index (χ0) is 11.3. The van der Waals surface area contributed by atoms with Gasteiger partial charge in [0, 0.05) is 12.6 Å². The van der Waals surface area contributed by atoms with E-state index in [9.17, 15) is 4.79 Å². The SMILES string of the molecule is CC(C)COC(=O)NCC1CCC(N)C1. The van der Waals surface area contributed by atoms with Crippen molar-refractivity contribution in [2.45, 2.75) is 39.2 Å². The van der Waals surface area contributed by atoms with Gasteiger partial charge < -0.3 is 15.8 Å². The Hall–Kier alpha value is -0.770. The van der Waals surface area contributed by atoms with E-state index in [0.717, 1.165) is 19.3 Å². The molecular weight excluding hydrogens is 192 g/mol. The summed E-state index contributed by atoms with van der Waals surface area (Å²) in [6.45, 7) is 5.22. The molecule has 1 amide bonds. The van der Waals surface area contributed by atoms with Crippen LogP contribution in [0.25, 0.3) is 0 Å². The molecule has 4 heteroatoms. The molecule has 15 heavy (non-hydrogen) atoms. The van der Waals surface area contributed by atoms with Crippen LogP contribution in [0.15, 0.2) is 0 Å². The first kappa shape index (κ1) is 12.3. The van der Waals surface area contributed by atoms with Crippen LogP contribution in [-0.2, 0) is 4.74 Å². The molecule has 2 unspecified atom stereocenters. The second-order valence-electron chi connectivity index (χ2n) is 4.81. The molecule has 0 radical (unpaired) electrons. The molecule has 0 heterocycles. The quantitative estimate of drug-likeness (QED) is 0.745. The molecule has 1 saturated carbocycles. The molecule has 0 aliphatic heterocycles. The number of nitrogens with two attached hydrogens (primary N) is 1. The summed E-state index contributed by atoms with van der Waals surface area (Å²) < 4.78 is 5.01. The highest BCUT2D eigenvalue weighted by Crippen LogP contribution is 2.23. The van der Waals surface area contributed by atoms with E-state index in [0.29, 0.717) is 31.0 Å². The number of nitrogens with one attached hydrogen (secondary N) is 1. The summed E-state index contributed by atoms with van der Waals surface area (Å²) in [5, 5.41) is 2.78. The van der Waals surface area contributed by atoms with Gasteiger partial charge in [0.2, 0.25) is 0 Å². The van der Waals surface area contributed by atoms with Gasteiger partial charge in [-0.15, -0.1) is 0 Å². The van der Waals surface area contributed by atoms with E-state index in [4.69, 9.17) is 10.5 Å². The first-order valence-corrected chi connectivity index (χ1v) is 5.74. The van der Waals surface area contributed by atoms with Crippen molar-refractivity contribution in [3.05, 3.63) is 0 Å². The van der Waals surface area contributed by atoms with Crippen molar-refractivity contribution >= 4 is 6.09 Å². The van der Waals surface area contributed by atoms with Crippen molar-refractivity contribution in [1.82, 2.24) is 5.32 Å². The van der Waals surface area contributed by atoms with Crippen LogP contribution in [0.1, 0.15) is 33.1 Å². The van der Waals surface area contributed by atoms with E-state index < -0.39 is 0 Å². The van der Waals surface area contributed by atoms with Crippen LogP contribution in [0.4, 0.5) is 4.79 Å². The summed E-state index contributed by atoms with van der Waals surface area (Å²) in [5.74, 6) is 0.919. The summed E-state index contributed by atoms with van der Waals surface area (Å²) in [5.41, 5.74) is 5.79. The number of ether oxygens (including phenoxy) is 1. The molecule has 2 atom stereocenters. The predicted octanol–water partition coefficient (Wildman–Crippen LogP) is 1.50. The number of carbonyl (C=O) groups is 1. The van der Waals surface area contributed by atoms with Crippen molar-refractivity contribution in [3.63, 3.8) is 0 Å². The van der Waals surface area contributed by atoms with Crippen molar-refractivity contribution in [2.24, 2.45) is 17.6 Å². The molecule has 0 aromatic carbocycles. The van der Waals surface area contributed by atoms with Gasteiger partial charge in [-0.2, -0.15) is 0 Å². The van der Waals surface area contributed by atoms with Gasteiger partial charge in [0.25, 0.3) is 0 Å². The Morgan fingerprint density at radius 1 is 1.53 bits per heavy atom. The van der Waals surface area contributed by atoms with E-state index >= 15 is 0 Å². The smallest absolute Gasteiger partial charge is 0.407 e. The number of alkyl carbamates (subject to hydrolysis) is 1. The first-order valence-electron chi connectivity index (χ1n) is 5.74. The fraction of sp³-hybridized carbons (Fsp3) is 0.909. The standard InChI is InChI=1S/C11H22N2O2/c1-8(2)7-15-11(14)13-6-9-3-4-10(12)5-9/h8-10H,3-7,12H2,1-2H3,(H,13,14). The maximum Gasteiger partial charge on any atom is 0.407 e. The highest BCUT2D eigenvalue weighted by Gasteiger charge is 2.22. The Labute approximate surface area is 91.5 Å². The van der Waals surface area contributed by atoms with Gasteiger partial charge in [-0.25, -0.2) is 4.79 Å². The van der Waals surface area contributed by atoms with Gasteiger partial charge >= 0.3 is 6.09 Å². The largest absolute Gasteiger partial charge is 0.449 e. The van der Waals surface area contributed by atoms with Gasteiger partial charge in [0.1, 0.15) is 0 Å². The second kappa shape index (κ2) is 5.95. The lowest BCUT2D eigenvalue weighted by molar-refractivity contribution is 0.131.